The van der Waals surface area contributed by atoms with Crippen LogP contribution >= 0.6 is 0 Å². The molecule has 1 aromatic heterocycles. The molecule has 1 heterocycles. The van der Waals surface area contributed by atoms with E-state index >= 15 is 0 Å². The van der Waals surface area contributed by atoms with Crippen molar-refractivity contribution < 1.29 is 5.11 Å². The van der Waals surface area contributed by atoms with E-state index in [9.17, 15) is 5.11 Å². The zero-order valence-electron chi connectivity index (χ0n) is 11.6. The maximum atomic E-state index is 10.0. The van der Waals surface area contributed by atoms with Gasteiger partial charge in [-0.25, -0.2) is 0 Å². The smallest absolute Gasteiger partial charge is 0.0860 e. The minimum Gasteiger partial charge on any atom is -0.390 e. The first-order chi connectivity index (χ1) is 9.81. The van der Waals surface area contributed by atoms with Crippen molar-refractivity contribution in [3.8, 4) is 0 Å². The van der Waals surface area contributed by atoms with Crippen LogP contribution in [0.5, 0.6) is 0 Å². The number of nitrogens with zero attached hydrogens (tertiary/aromatic N) is 2. The van der Waals surface area contributed by atoms with Crippen LogP contribution < -0.4 is 5.32 Å². The maximum absolute atomic E-state index is 10.0. The summed E-state index contributed by atoms with van der Waals surface area (Å²) in [6.45, 7) is 1.16. The van der Waals surface area contributed by atoms with E-state index in [1.807, 2.05) is 12.3 Å². The molecule has 1 aliphatic rings. The average Bonchev–Trinajstić information content (AvgIpc) is 2.98. The van der Waals surface area contributed by atoms with Gasteiger partial charge < -0.3 is 10.4 Å². The van der Waals surface area contributed by atoms with Crippen LogP contribution in [-0.2, 0) is 19.4 Å². The van der Waals surface area contributed by atoms with Gasteiger partial charge in [0.15, 0.2) is 0 Å². The largest absolute Gasteiger partial charge is 0.390 e. The molecule has 4 nitrogen and oxygen atoms in total. The molecule has 0 amide bonds. The fourth-order valence-electron chi connectivity index (χ4n) is 2.86. The lowest BCUT2D eigenvalue weighted by Gasteiger charge is -2.26. The fourth-order valence-corrected chi connectivity index (χ4v) is 2.86. The zero-order valence-corrected chi connectivity index (χ0v) is 11.6. The summed E-state index contributed by atoms with van der Waals surface area (Å²) >= 11 is 0. The molecular weight excluding hydrogens is 250 g/mol. The predicted molar refractivity (Wildman–Crippen MR) is 78.5 cm³/mol. The highest BCUT2D eigenvalue weighted by Crippen LogP contribution is 2.20. The van der Waals surface area contributed by atoms with E-state index in [1.54, 1.807) is 10.9 Å². The van der Waals surface area contributed by atoms with Crippen LogP contribution in [0.25, 0.3) is 0 Å². The van der Waals surface area contributed by atoms with Gasteiger partial charge in [-0.2, -0.15) is 5.10 Å². The van der Waals surface area contributed by atoms with E-state index in [1.165, 1.54) is 11.1 Å². The summed E-state index contributed by atoms with van der Waals surface area (Å²) in [7, 11) is 0. The summed E-state index contributed by atoms with van der Waals surface area (Å²) < 4.78 is 1.77. The van der Waals surface area contributed by atoms with Gasteiger partial charge in [0.2, 0.25) is 0 Å². The lowest BCUT2D eigenvalue weighted by atomic mass is 9.88. The number of hydrogen-bond acceptors (Lipinski definition) is 3. The van der Waals surface area contributed by atoms with E-state index in [4.69, 9.17) is 0 Å². The maximum Gasteiger partial charge on any atom is 0.0860 e. The van der Waals surface area contributed by atoms with E-state index in [2.05, 4.69) is 34.7 Å². The van der Waals surface area contributed by atoms with E-state index < -0.39 is 6.10 Å². The Morgan fingerprint density at radius 1 is 1.30 bits per heavy atom. The van der Waals surface area contributed by atoms with Crippen molar-refractivity contribution in [2.24, 2.45) is 0 Å². The highest BCUT2D eigenvalue weighted by atomic mass is 16.3. The van der Waals surface area contributed by atoms with Crippen molar-refractivity contribution in [2.75, 3.05) is 6.54 Å². The fraction of sp³-hybridized carbons (Fsp3) is 0.438. The Morgan fingerprint density at radius 2 is 2.15 bits per heavy atom. The van der Waals surface area contributed by atoms with Gasteiger partial charge in [0.25, 0.3) is 0 Å². The number of aliphatic hydroxyl groups is 1. The lowest BCUT2D eigenvalue weighted by molar-refractivity contribution is 0.141. The van der Waals surface area contributed by atoms with Crippen molar-refractivity contribution in [1.82, 2.24) is 15.1 Å². The van der Waals surface area contributed by atoms with Crippen molar-refractivity contribution in [3.05, 3.63) is 53.9 Å². The van der Waals surface area contributed by atoms with Crippen molar-refractivity contribution in [3.63, 3.8) is 0 Å². The Hall–Kier alpha value is -1.65. The number of fused-ring (bicyclic) bond motifs is 1. The third-order valence-electron chi connectivity index (χ3n) is 3.95. The van der Waals surface area contributed by atoms with Crippen molar-refractivity contribution >= 4 is 0 Å². The Morgan fingerprint density at radius 3 is 2.95 bits per heavy atom. The molecule has 4 heteroatoms. The van der Waals surface area contributed by atoms with E-state index in [0.717, 1.165) is 19.3 Å². The molecule has 0 radical (unpaired) electrons. The first kappa shape index (κ1) is 13.3. The summed E-state index contributed by atoms with van der Waals surface area (Å²) in [5, 5.41) is 17.6. The van der Waals surface area contributed by atoms with Gasteiger partial charge in [0.1, 0.15) is 0 Å². The van der Waals surface area contributed by atoms with Crippen LogP contribution in [0.3, 0.4) is 0 Å². The first-order valence-corrected chi connectivity index (χ1v) is 7.27. The van der Waals surface area contributed by atoms with Crippen LogP contribution in [0.1, 0.15) is 17.5 Å². The number of rotatable bonds is 5. The second-order valence-electron chi connectivity index (χ2n) is 5.50. The minimum atomic E-state index is -0.396. The molecule has 0 saturated heterocycles. The predicted octanol–water partition coefficient (Wildman–Crippen LogP) is 1.39. The number of hydrogen-bond donors (Lipinski definition) is 2. The molecule has 2 atom stereocenters. The molecule has 2 unspecified atom stereocenters. The van der Waals surface area contributed by atoms with E-state index in [-0.39, 0.29) is 0 Å². The summed E-state index contributed by atoms with van der Waals surface area (Å²) in [4.78, 5) is 0. The normalized spacial score (nSPS) is 19.6. The van der Waals surface area contributed by atoms with Crippen molar-refractivity contribution in [2.45, 2.75) is 38.0 Å². The molecule has 0 aliphatic heterocycles. The molecule has 2 N–H and O–H groups in total. The quantitative estimate of drug-likeness (QED) is 0.864. The van der Waals surface area contributed by atoms with Gasteiger partial charge in [-0.3, -0.25) is 4.68 Å². The SMILES string of the molecule is OC(CNC1CCc2ccccc2C1)Cn1cccn1. The van der Waals surface area contributed by atoms with Gasteiger partial charge >= 0.3 is 0 Å². The van der Waals surface area contributed by atoms with Gasteiger partial charge in [-0.05, 0) is 36.5 Å². The second kappa shape index (κ2) is 6.20. The van der Waals surface area contributed by atoms with E-state index in [0.29, 0.717) is 19.1 Å². The highest BCUT2D eigenvalue weighted by Gasteiger charge is 2.18. The first-order valence-electron chi connectivity index (χ1n) is 7.27. The third-order valence-corrected chi connectivity index (χ3v) is 3.95. The van der Waals surface area contributed by atoms with Crippen LogP contribution in [-0.4, -0.2) is 33.6 Å². The molecule has 0 fully saturated rings. The Balaban J connectivity index is 1.48. The van der Waals surface area contributed by atoms with Gasteiger partial charge in [-0.1, -0.05) is 24.3 Å². The molecular formula is C16H21N3O. The van der Waals surface area contributed by atoms with Gasteiger partial charge in [0.05, 0.1) is 12.6 Å². The molecule has 0 bridgehead atoms. The monoisotopic (exact) mass is 271 g/mol. The standard InChI is InChI=1S/C16H21N3O/c20-16(12-19-9-3-8-18-19)11-17-15-7-6-13-4-1-2-5-14(13)10-15/h1-5,8-9,15-17,20H,6-7,10-12H2. The Kier molecular flexibility index (Phi) is 4.14. The van der Waals surface area contributed by atoms with Crippen LogP contribution in [0.4, 0.5) is 0 Å². The molecule has 20 heavy (non-hydrogen) atoms. The Bertz CT molecular complexity index is 538. The molecule has 3 rings (SSSR count). The number of benzene rings is 1. The van der Waals surface area contributed by atoms with Gasteiger partial charge in [-0.15, -0.1) is 0 Å². The highest BCUT2D eigenvalue weighted by molar-refractivity contribution is 5.30. The summed E-state index contributed by atoms with van der Waals surface area (Å²) in [5.41, 5.74) is 2.92. The van der Waals surface area contributed by atoms with Gasteiger partial charge in [0, 0.05) is 25.0 Å². The summed E-state index contributed by atoms with van der Waals surface area (Å²) in [6.07, 6.45) is 6.55. The molecule has 0 spiro atoms. The second-order valence-corrected chi connectivity index (χ2v) is 5.50. The molecule has 106 valence electrons. The molecule has 1 aliphatic carbocycles. The molecule has 2 aromatic rings. The van der Waals surface area contributed by atoms with Crippen LogP contribution in [0.2, 0.25) is 0 Å². The van der Waals surface area contributed by atoms with Crippen LogP contribution in [0, 0.1) is 0 Å². The van der Waals surface area contributed by atoms with Crippen LogP contribution in [0.15, 0.2) is 42.7 Å². The summed E-state index contributed by atoms with van der Waals surface area (Å²) in [6, 6.07) is 11.0. The lowest BCUT2D eigenvalue weighted by Crippen LogP contribution is -2.40. The summed E-state index contributed by atoms with van der Waals surface area (Å²) in [5.74, 6) is 0. The number of nitrogens with one attached hydrogen (secondary N) is 1. The average molecular weight is 271 g/mol. The topological polar surface area (TPSA) is 50.1 Å². The molecule has 1 aromatic carbocycles. The number of aromatic nitrogens is 2. The van der Waals surface area contributed by atoms with Crippen molar-refractivity contribution in [1.29, 1.82) is 0 Å². The third kappa shape index (κ3) is 3.26. The minimum absolute atomic E-state index is 0.396. The number of aryl methyl sites for hydroxylation is 1. The molecule has 0 saturated carbocycles. The number of aliphatic hydroxyl groups excluding tert-OH is 1. The zero-order chi connectivity index (χ0) is 13.8. The Labute approximate surface area is 119 Å².